The molecular weight excluding hydrogens is 141 g/mol. The summed E-state index contributed by atoms with van der Waals surface area (Å²) in [5, 5.41) is 0. The van der Waals surface area contributed by atoms with Gasteiger partial charge in [-0.15, -0.1) is 0 Å². The van der Waals surface area contributed by atoms with Crippen LogP contribution >= 0.6 is 0 Å². The van der Waals surface area contributed by atoms with Gasteiger partial charge >= 0.3 is 35.4 Å². The molecule has 0 fully saturated rings. The third-order valence-corrected chi connectivity index (χ3v) is 0.668. The van der Waals surface area contributed by atoms with Crippen molar-refractivity contribution < 1.29 is 42.5 Å². The van der Waals surface area contributed by atoms with Crippen LogP contribution in [0.5, 0.6) is 0 Å². The Morgan fingerprint density at radius 1 is 1.62 bits per heavy atom. The third kappa shape index (κ3) is 9.64. The summed E-state index contributed by atoms with van der Waals surface area (Å²) >= 11 is 0. The minimum Gasteiger partial charge on any atom is -0.742 e. The van der Waals surface area contributed by atoms with E-state index in [1.807, 2.05) is 0 Å². The standard InChI is InChI=1S/C2H3NO3S.Na/c1-3-2-7(4,5)6;/h2H2,(H,4,5,6);/q;+1/p-1. The summed E-state index contributed by atoms with van der Waals surface area (Å²) in [5.74, 6) is -0.951. The molecule has 0 heterocycles. The van der Waals surface area contributed by atoms with E-state index in [1.54, 1.807) is 0 Å². The molecule has 6 heteroatoms. The molecule has 0 atom stereocenters. The average molecular weight is 143 g/mol. The van der Waals surface area contributed by atoms with E-state index in [1.165, 1.54) is 0 Å². The molecular formula is C2H2NNaO3S. The molecule has 0 N–H and O–H groups in total. The number of hydrogen-bond donors (Lipinski definition) is 0. The zero-order valence-corrected chi connectivity index (χ0v) is 7.10. The summed E-state index contributed by atoms with van der Waals surface area (Å²) in [6.45, 7) is 5.90. The molecule has 0 spiro atoms. The van der Waals surface area contributed by atoms with Gasteiger partial charge in [0.2, 0.25) is 0 Å². The first-order valence-corrected chi connectivity index (χ1v) is 2.91. The van der Waals surface area contributed by atoms with Gasteiger partial charge < -0.3 is 9.40 Å². The van der Waals surface area contributed by atoms with Crippen molar-refractivity contribution in [3.05, 3.63) is 11.4 Å². The smallest absolute Gasteiger partial charge is 0.742 e. The summed E-state index contributed by atoms with van der Waals surface area (Å²) in [7, 11) is -4.28. The Labute approximate surface area is 69.7 Å². The number of hydrogen-bond acceptors (Lipinski definition) is 3. The van der Waals surface area contributed by atoms with Crippen LogP contribution in [0, 0.1) is 6.57 Å². The third-order valence-electron chi connectivity index (χ3n) is 0.223. The van der Waals surface area contributed by atoms with Gasteiger partial charge in [0.15, 0.2) is 10.1 Å². The molecule has 0 aliphatic carbocycles. The van der Waals surface area contributed by atoms with Crippen molar-refractivity contribution in [1.82, 2.24) is 0 Å². The van der Waals surface area contributed by atoms with E-state index >= 15 is 0 Å². The van der Waals surface area contributed by atoms with Crippen molar-refractivity contribution in [2.75, 3.05) is 5.88 Å². The van der Waals surface area contributed by atoms with Crippen molar-refractivity contribution in [2.45, 2.75) is 0 Å². The van der Waals surface area contributed by atoms with Crippen LogP contribution in [0.1, 0.15) is 0 Å². The van der Waals surface area contributed by atoms with Crippen molar-refractivity contribution in [2.24, 2.45) is 0 Å². The van der Waals surface area contributed by atoms with Gasteiger partial charge in [-0.05, 0) is 0 Å². The Morgan fingerprint density at radius 3 is 2.00 bits per heavy atom. The van der Waals surface area contributed by atoms with Gasteiger partial charge in [-0.1, -0.05) is 0 Å². The Kier molecular flexibility index (Phi) is 6.03. The molecule has 0 unspecified atom stereocenters. The van der Waals surface area contributed by atoms with E-state index in [0.717, 1.165) is 0 Å². The molecule has 0 aliphatic rings. The first-order valence-electron chi connectivity index (χ1n) is 1.33. The van der Waals surface area contributed by atoms with Gasteiger partial charge in [-0.3, -0.25) is 0 Å². The Bertz CT molecular complexity index is 178. The zero-order chi connectivity index (χ0) is 5.91. The Morgan fingerprint density at radius 2 is 2.00 bits per heavy atom. The van der Waals surface area contributed by atoms with Crippen molar-refractivity contribution >= 4 is 10.1 Å². The molecule has 0 amide bonds. The molecule has 0 saturated heterocycles. The van der Waals surface area contributed by atoms with E-state index in [0.29, 0.717) is 0 Å². The maximum absolute atomic E-state index is 9.46. The first-order chi connectivity index (χ1) is 3.06. The van der Waals surface area contributed by atoms with Crippen molar-refractivity contribution in [3.63, 3.8) is 0 Å². The molecule has 8 heavy (non-hydrogen) atoms. The van der Waals surface area contributed by atoms with E-state index in [4.69, 9.17) is 6.57 Å². The van der Waals surface area contributed by atoms with E-state index in [9.17, 15) is 13.0 Å². The second-order valence-corrected chi connectivity index (χ2v) is 2.22. The van der Waals surface area contributed by atoms with Crippen LogP contribution < -0.4 is 29.6 Å². The largest absolute Gasteiger partial charge is 1.00 e. The molecule has 40 valence electrons. The summed E-state index contributed by atoms with van der Waals surface area (Å²) in [6.07, 6.45) is 0. The van der Waals surface area contributed by atoms with Gasteiger partial charge in [-0.2, -0.15) is 0 Å². The molecule has 4 nitrogen and oxygen atoms in total. The minimum atomic E-state index is -4.28. The normalized spacial score (nSPS) is 9.00. The Balaban J connectivity index is 0. The topological polar surface area (TPSA) is 61.6 Å². The number of nitrogens with zero attached hydrogens (tertiary/aromatic N) is 1. The van der Waals surface area contributed by atoms with E-state index in [2.05, 4.69) is 4.85 Å². The van der Waals surface area contributed by atoms with Crippen LogP contribution in [0.4, 0.5) is 0 Å². The molecule has 0 radical (unpaired) electrons. The maximum atomic E-state index is 9.46. The van der Waals surface area contributed by atoms with Crippen LogP contribution in [0.15, 0.2) is 0 Å². The minimum absolute atomic E-state index is 0. The Hall–Kier alpha value is 0.400. The maximum Gasteiger partial charge on any atom is 1.00 e. The predicted octanol–water partition coefficient (Wildman–Crippen LogP) is -3.59. The van der Waals surface area contributed by atoms with Crippen molar-refractivity contribution in [3.8, 4) is 0 Å². The molecule has 0 aromatic rings. The van der Waals surface area contributed by atoms with Gasteiger partial charge in [0.25, 0.3) is 0 Å². The van der Waals surface area contributed by atoms with Crippen LogP contribution in [0.3, 0.4) is 0 Å². The molecule has 0 rings (SSSR count). The molecule has 0 saturated carbocycles. The predicted molar refractivity (Wildman–Crippen MR) is 21.2 cm³/mol. The fourth-order valence-electron chi connectivity index (χ4n) is 0.0791. The quantitative estimate of drug-likeness (QED) is 0.216. The summed E-state index contributed by atoms with van der Waals surface area (Å²) in [6, 6.07) is 0. The van der Waals surface area contributed by atoms with Crippen LogP contribution in [0.2, 0.25) is 0 Å². The average Bonchev–Trinajstić information content (AvgIpc) is 1.30. The van der Waals surface area contributed by atoms with Crippen molar-refractivity contribution in [1.29, 1.82) is 0 Å². The molecule has 0 aromatic carbocycles. The van der Waals surface area contributed by atoms with Crippen LogP contribution in [-0.2, 0) is 10.1 Å². The van der Waals surface area contributed by atoms with E-state index < -0.39 is 16.0 Å². The summed E-state index contributed by atoms with van der Waals surface area (Å²) < 4.78 is 28.4. The second kappa shape index (κ2) is 4.30. The monoisotopic (exact) mass is 143 g/mol. The van der Waals surface area contributed by atoms with Crippen LogP contribution in [0.25, 0.3) is 4.85 Å². The van der Waals surface area contributed by atoms with Gasteiger partial charge in [-0.25, -0.2) is 15.0 Å². The molecule has 0 aromatic heterocycles. The fourth-order valence-corrected chi connectivity index (χ4v) is 0.237. The molecule has 0 aliphatic heterocycles. The summed E-state index contributed by atoms with van der Waals surface area (Å²) in [5.41, 5.74) is 0. The molecule has 0 bridgehead atoms. The van der Waals surface area contributed by atoms with Gasteiger partial charge in [0, 0.05) is 0 Å². The SMILES string of the molecule is [C-]#[N+]CS(=O)(=O)[O-].[Na+]. The second-order valence-electron chi connectivity index (χ2n) is 0.845. The van der Waals surface area contributed by atoms with E-state index in [-0.39, 0.29) is 29.6 Å². The number of rotatable bonds is 1. The summed E-state index contributed by atoms with van der Waals surface area (Å²) in [4.78, 5) is 2.36. The first kappa shape index (κ1) is 11.2. The van der Waals surface area contributed by atoms with Gasteiger partial charge in [0.05, 0.1) is 0 Å². The fraction of sp³-hybridized carbons (Fsp3) is 0.500. The van der Waals surface area contributed by atoms with Gasteiger partial charge in [0.1, 0.15) is 0 Å². The van der Waals surface area contributed by atoms with Crippen LogP contribution in [-0.4, -0.2) is 18.8 Å². The zero-order valence-electron chi connectivity index (χ0n) is 4.29.